The largest absolute Gasteiger partial charge is 0.297 e. The van der Waals surface area contributed by atoms with Gasteiger partial charge in [-0.25, -0.2) is 0 Å². The van der Waals surface area contributed by atoms with Crippen molar-refractivity contribution in [1.29, 1.82) is 5.26 Å². The van der Waals surface area contributed by atoms with Crippen LogP contribution in [0.2, 0.25) is 0 Å². The summed E-state index contributed by atoms with van der Waals surface area (Å²) in [6.45, 7) is 1.82. The molecule has 0 aliphatic heterocycles. The van der Waals surface area contributed by atoms with Crippen molar-refractivity contribution in [3.63, 3.8) is 0 Å². The average molecular weight is 242 g/mol. The highest BCUT2D eigenvalue weighted by molar-refractivity contribution is 7.09. The maximum absolute atomic E-state index is 8.84. The van der Waals surface area contributed by atoms with Gasteiger partial charge in [0.15, 0.2) is 0 Å². The highest BCUT2D eigenvalue weighted by Gasteiger charge is 2.03. The molecule has 2 nitrogen and oxygen atoms in total. The smallest absolute Gasteiger partial charge is 0.0991 e. The summed E-state index contributed by atoms with van der Waals surface area (Å²) >= 11 is 1.78. The van der Waals surface area contributed by atoms with E-state index in [-0.39, 0.29) is 0 Å². The summed E-state index contributed by atoms with van der Waals surface area (Å²) in [7, 11) is 2.10. The SMILES string of the molecule is CN(Cc1cccc(C#N)c1)Cc1cccs1. The first-order chi connectivity index (χ1) is 8.28. The zero-order valence-corrected chi connectivity index (χ0v) is 10.6. The van der Waals surface area contributed by atoms with Gasteiger partial charge >= 0.3 is 0 Å². The summed E-state index contributed by atoms with van der Waals surface area (Å²) in [5.41, 5.74) is 1.91. The Bertz CT molecular complexity index is 511. The Morgan fingerprint density at radius 3 is 2.82 bits per heavy atom. The Morgan fingerprint density at radius 1 is 1.24 bits per heavy atom. The molecule has 3 heteroatoms. The van der Waals surface area contributed by atoms with Crippen LogP contribution in [-0.4, -0.2) is 11.9 Å². The fourth-order valence-corrected chi connectivity index (χ4v) is 2.56. The molecule has 1 aromatic carbocycles. The van der Waals surface area contributed by atoms with Crippen molar-refractivity contribution < 1.29 is 0 Å². The van der Waals surface area contributed by atoms with Gasteiger partial charge in [-0.15, -0.1) is 11.3 Å². The monoisotopic (exact) mass is 242 g/mol. The molecule has 0 amide bonds. The molecule has 1 aromatic heterocycles. The predicted octanol–water partition coefficient (Wildman–Crippen LogP) is 3.25. The van der Waals surface area contributed by atoms with E-state index >= 15 is 0 Å². The summed E-state index contributed by atoms with van der Waals surface area (Å²) in [5.74, 6) is 0. The molecule has 2 rings (SSSR count). The van der Waals surface area contributed by atoms with Crippen LogP contribution in [0.1, 0.15) is 16.0 Å². The second-order valence-electron chi connectivity index (χ2n) is 4.06. The first kappa shape index (κ1) is 11.8. The molecule has 0 atom stereocenters. The molecule has 0 saturated carbocycles. The van der Waals surface area contributed by atoms with Gasteiger partial charge < -0.3 is 0 Å². The quantitative estimate of drug-likeness (QED) is 0.823. The van der Waals surface area contributed by atoms with Crippen molar-refractivity contribution in [2.24, 2.45) is 0 Å². The number of rotatable bonds is 4. The van der Waals surface area contributed by atoms with Gasteiger partial charge in [-0.1, -0.05) is 18.2 Å². The molecule has 86 valence electrons. The number of hydrogen-bond donors (Lipinski definition) is 0. The van der Waals surface area contributed by atoms with Crippen LogP contribution in [0.3, 0.4) is 0 Å². The van der Waals surface area contributed by atoms with Crippen molar-refractivity contribution in [1.82, 2.24) is 4.90 Å². The second-order valence-corrected chi connectivity index (χ2v) is 5.10. The normalized spacial score (nSPS) is 10.4. The number of nitriles is 1. The lowest BCUT2D eigenvalue weighted by Crippen LogP contribution is -2.16. The van der Waals surface area contributed by atoms with E-state index < -0.39 is 0 Å². The molecular formula is C14H14N2S. The molecular weight excluding hydrogens is 228 g/mol. The van der Waals surface area contributed by atoms with Crippen molar-refractivity contribution in [3.05, 3.63) is 57.8 Å². The predicted molar refractivity (Wildman–Crippen MR) is 70.6 cm³/mol. The third-order valence-electron chi connectivity index (χ3n) is 2.51. The summed E-state index contributed by atoms with van der Waals surface area (Å²) < 4.78 is 0. The zero-order chi connectivity index (χ0) is 12.1. The highest BCUT2D eigenvalue weighted by atomic mass is 32.1. The van der Waals surface area contributed by atoms with Crippen LogP contribution >= 0.6 is 11.3 Å². The third kappa shape index (κ3) is 3.42. The molecule has 0 unspecified atom stereocenters. The molecule has 2 aromatic rings. The molecule has 0 radical (unpaired) electrons. The van der Waals surface area contributed by atoms with Gasteiger partial charge in [0.05, 0.1) is 11.6 Å². The molecule has 0 N–H and O–H groups in total. The number of thiophene rings is 1. The lowest BCUT2D eigenvalue weighted by atomic mass is 10.1. The van der Waals surface area contributed by atoms with Crippen LogP contribution in [0.25, 0.3) is 0 Å². The van der Waals surface area contributed by atoms with E-state index in [0.29, 0.717) is 0 Å². The Morgan fingerprint density at radius 2 is 2.12 bits per heavy atom. The van der Waals surface area contributed by atoms with E-state index in [2.05, 4.69) is 41.6 Å². The van der Waals surface area contributed by atoms with Crippen molar-refractivity contribution in [3.8, 4) is 6.07 Å². The van der Waals surface area contributed by atoms with E-state index in [4.69, 9.17) is 5.26 Å². The molecule has 0 aliphatic rings. The topological polar surface area (TPSA) is 27.0 Å². The van der Waals surface area contributed by atoms with Crippen LogP contribution in [0.5, 0.6) is 0 Å². The van der Waals surface area contributed by atoms with Gasteiger partial charge in [-0.05, 0) is 36.2 Å². The first-order valence-electron chi connectivity index (χ1n) is 5.48. The number of hydrogen-bond acceptors (Lipinski definition) is 3. The van der Waals surface area contributed by atoms with Crippen LogP contribution in [-0.2, 0) is 13.1 Å². The fraction of sp³-hybridized carbons (Fsp3) is 0.214. The fourth-order valence-electron chi connectivity index (χ4n) is 1.78. The maximum Gasteiger partial charge on any atom is 0.0991 e. The Labute approximate surface area is 106 Å². The van der Waals surface area contributed by atoms with E-state index in [1.54, 1.807) is 11.3 Å². The summed E-state index contributed by atoms with van der Waals surface area (Å²) in [5, 5.41) is 10.9. The third-order valence-corrected chi connectivity index (χ3v) is 3.38. The molecule has 1 heterocycles. The summed E-state index contributed by atoms with van der Waals surface area (Å²) in [6.07, 6.45) is 0. The van der Waals surface area contributed by atoms with E-state index in [9.17, 15) is 0 Å². The van der Waals surface area contributed by atoms with E-state index in [0.717, 1.165) is 18.7 Å². The Balaban J connectivity index is 1.98. The molecule has 17 heavy (non-hydrogen) atoms. The number of nitrogens with zero attached hydrogens (tertiary/aromatic N) is 2. The Kier molecular flexibility index (Phi) is 3.92. The van der Waals surface area contributed by atoms with E-state index in [1.807, 2.05) is 18.2 Å². The van der Waals surface area contributed by atoms with Gasteiger partial charge in [0, 0.05) is 18.0 Å². The summed E-state index contributed by atoms with van der Waals surface area (Å²) in [6, 6.07) is 14.2. The van der Waals surface area contributed by atoms with E-state index in [1.165, 1.54) is 10.4 Å². The van der Waals surface area contributed by atoms with Crippen molar-refractivity contribution >= 4 is 11.3 Å². The molecule has 0 saturated heterocycles. The van der Waals surface area contributed by atoms with Gasteiger partial charge in [-0.3, -0.25) is 4.90 Å². The second kappa shape index (κ2) is 5.62. The average Bonchev–Trinajstić information content (AvgIpc) is 2.82. The maximum atomic E-state index is 8.84. The first-order valence-corrected chi connectivity index (χ1v) is 6.36. The lowest BCUT2D eigenvalue weighted by molar-refractivity contribution is 0.322. The zero-order valence-electron chi connectivity index (χ0n) is 9.76. The molecule has 0 aliphatic carbocycles. The molecule has 0 fully saturated rings. The van der Waals surface area contributed by atoms with Crippen LogP contribution in [0.15, 0.2) is 41.8 Å². The molecule has 0 spiro atoms. The van der Waals surface area contributed by atoms with Crippen LogP contribution < -0.4 is 0 Å². The van der Waals surface area contributed by atoms with Gasteiger partial charge in [0.1, 0.15) is 0 Å². The minimum atomic E-state index is 0.729. The van der Waals surface area contributed by atoms with Gasteiger partial charge in [-0.2, -0.15) is 5.26 Å². The van der Waals surface area contributed by atoms with Gasteiger partial charge in [0.2, 0.25) is 0 Å². The highest BCUT2D eigenvalue weighted by Crippen LogP contribution is 2.13. The number of benzene rings is 1. The van der Waals surface area contributed by atoms with Crippen LogP contribution in [0.4, 0.5) is 0 Å². The Hall–Kier alpha value is -1.63. The molecule has 0 bridgehead atoms. The van der Waals surface area contributed by atoms with Crippen molar-refractivity contribution in [2.45, 2.75) is 13.1 Å². The van der Waals surface area contributed by atoms with Crippen LogP contribution in [0, 0.1) is 11.3 Å². The van der Waals surface area contributed by atoms with Gasteiger partial charge in [0.25, 0.3) is 0 Å². The minimum Gasteiger partial charge on any atom is -0.297 e. The van der Waals surface area contributed by atoms with Crippen molar-refractivity contribution in [2.75, 3.05) is 7.05 Å². The minimum absolute atomic E-state index is 0.729. The standard InChI is InChI=1S/C14H14N2S/c1-16(11-14-6-3-7-17-14)10-13-5-2-4-12(8-13)9-15/h2-8H,10-11H2,1H3. The summed E-state index contributed by atoms with van der Waals surface area (Å²) in [4.78, 5) is 3.62. The lowest BCUT2D eigenvalue weighted by Gasteiger charge is -2.15.